The van der Waals surface area contributed by atoms with Gasteiger partial charge in [0.15, 0.2) is 0 Å². The minimum Gasteiger partial charge on any atom is -0.374 e. The number of ether oxygens (including phenoxy) is 1. The zero-order valence-corrected chi connectivity index (χ0v) is 23.9. The molecule has 0 aliphatic carbocycles. The molecule has 1 unspecified atom stereocenters. The van der Waals surface area contributed by atoms with Crippen molar-refractivity contribution in [3.63, 3.8) is 0 Å². The normalized spacial score (nSPS) is 12.5. The second kappa shape index (κ2) is 25.4. The SMILES string of the molecule is CC.CC/C=C(\C=C(\CCN(CCC)CCCC)C(C)OCCCC)c1ccsc1.CC=N. The Morgan fingerprint density at radius 1 is 1.06 bits per heavy atom. The van der Waals surface area contributed by atoms with Crippen LogP contribution in [0.3, 0.4) is 0 Å². The van der Waals surface area contributed by atoms with Gasteiger partial charge in [0.05, 0.1) is 6.10 Å². The van der Waals surface area contributed by atoms with Crippen molar-refractivity contribution in [2.24, 2.45) is 0 Å². The molecular formula is C29H54N2OS. The molecule has 3 nitrogen and oxygen atoms in total. The lowest BCUT2D eigenvalue weighted by atomic mass is 9.99. The van der Waals surface area contributed by atoms with Gasteiger partial charge in [-0.3, -0.25) is 0 Å². The number of allylic oxidation sites excluding steroid dienone is 3. The summed E-state index contributed by atoms with van der Waals surface area (Å²) in [6.45, 7) is 21.3. The third-order valence-electron chi connectivity index (χ3n) is 5.09. The van der Waals surface area contributed by atoms with Crippen LogP contribution in [-0.4, -0.2) is 43.5 Å². The third-order valence-corrected chi connectivity index (χ3v) is 5.78. The van der Waals surface area contributed by atoms with Crippen molar-refractivity contribution in [3.05, 3.63) is 40.1 Å². The highest BCUT2D eigenvalue weighted by atomic mass is 32.1. The first kappa shape index (κ1) is 33.9. The van der Waals surface area contributed by atoms with Gasteiger partial charge in [0.1, 0.15) is 0 Å². The van der Waals surface area contributed by atoms with Gasteiger partial charge >= 0.3 is 0 Å². The maximum absolute atomic E-state index is 6.20. The summed E-state index contributed by atoms with van der Waals surface area (Å²) in [5.41, 5.74) is 4.11. The fraction of sp³-hybridized carbons (Fsp3) is 0.690. The smallest absolute Gasteiger partial charge is 0.0760 e. The molecule has 0 bridgehead atoms. The van der Waals surface area contributed by atoms with Crippen molar-refractivity contribution < 1.29 is 4.74 Å². The minimum atomic E-state index is 0.181. The van der Waals surface area contributed by atoms with Gasteiger partial charge in [0.2, 0.25) is 0 Å². The zero-order valence-electron chi connectivity index (χ0n) is 23.1. The predicted molar refractivity (Wildman–Crippen MR) is 153 cm³/mol. The molecule has 1 N–H and O–H groups in total. The van der Waals surface area contributed by atoms with Gasteiger partial charge in [-0.05, 0) is 98.8 Å². The molecule has 0 amide bonds. The second-order valence-electron chi connectivity index (χ2n) is 7.90. The van der Waals surface area contributed by atoms with E-state index in [0.717, 1.165) is 32.4 Å². The highest BCUT2D eigenvalue weighted by Gasteiger charge is 2.13. The molecule has 1 aromatic heterocycles. The average molecular weight is 479 g/mol. The molecule has 0 radical (unpaired) electrons. The molecule has 1 heterocycles. The predicted octanol–water partition coefficient (Wildman–Crippen LogP) is 9.26. The first-order valence-electron chi connectivity index (χ1n) is 13.3. The van der Waals surface area contributed by atoms with Crippen LogP contribution in [0.5, 0.6) is 0 Å². The Labute approximate surface area is 210 Å². The molecule has 0 aromatic carbocycles. The molecule has 0 fully saturated rings. The molecule has 1 atom stereocenters. The average Bonchev–Trinajstić information content (AvgIpc) is 3.36. The minimum absolute atomic E-state index is 0.181. The third kappa shape index (κ3) is 17.9. The molecule has 4 heteroatoms. The van der Waals surface area contributed by atoms with E-state index in [1.54, 1.807) is 18.3 Å². The van der Waals surface area contributed by atoms with Crippen molar-refractivity contribution in [2.45, 2.75) is 106 Å². The number of hydrogen-bond donors (Lipinski definition) is 1. The van der Waals surface area contributed by atoms with Crippen molar-refractivity contribution in [1.82, 2.24) is 4.90 Å². The first-order chi connectivity index (χ1) is 16.1. The summed E-state index contributed by atoms with van der Waals surface area (Å²) in [4.78, 5) is 2.63. The number of nitrogens with zero attached hydrogens (tertiary/aromatic N) is 1. The van der Waals surface area contributed by atoms with Crippen LogP contribution in [0.25, 0.3) is 5.57 Å². The molecular weight excluding hydrogens is 424 g/mol. The maximum Gasteiger partial charge on any atom is 0.0760 e. The van der Waals surface area contributed by atoms with Crippen LogP contribution in [0.15, 0.2) is 34.6 Å². The summed E-state index contributed by atoms with van der Waals surface area (Å²) >= 11 is 1.77. The van der Waals surface area contributed by atoms with E-state index in [2.05, 4.69) is 68.5 Å². The monoisotopic (exact) mass is 478 g/mol. The Balaban J connectivity index is 0. The van der Waals surface area contributed by atoms with Crippen LogP contribution >= 0.6 is 11.3 Å². The number of unbranched alkanes of at least 4 members (excludes halogenated alkanes) is 2. The van der Waals surface area contributed by atoms with Crippen LogP contribution in [-0.2, 0) is 4.74 Å². The van der Waals surface area contributed by atoms with Crippen LogP contribution in [0.4, 0.5) is 0 Å². The lowest BCUT2D eigenvalue weighted by Gasteiger charge is -2.24. The standard InChI is InChI=1S/C25H43NOS.C2H5N.C2H6/c1-6-10-16-26(15-9-4)17-13-23(22(5)27-18-11-7-2)20-24(12-8-3)25-14-19-28-21-25;1-2-3;1-2/h12,14,19-22H,6-11,13,15-18H2,1-5H3;2-3H,1H3;1-2H3/b23-20-,24-12+;;. The summed E-state index contributed by atoms with van der Waals surface area (Å²) < 4.78 is 6.20. The molecule has 0 aliphatic heterocycles. The first-order valence-corrected chi connectivity index (χ1v) is 14.2. The van der Waals surface area contributed by atoms with E-state index in [1.807, 2.05) is 13.8 Å². The fourth-order valence-electron chi connectivity index (χ4n) is 3.33. The van der Waals surface area contributed by atoms with Gasteiger partial charge in [-0.25, -0.2) is 0 Å². The van der Waals surface area contributed by atoms with Crippen LogP contribution in [0, 0.1) is 5.41 Å². The quantitative estimate of drug-likeness (QED) is 0.146. The van der Waals surface area contributed by atoms with E-state index < -0.39 is 0 Å². The molecule has 1 aromatic rings. The summed E-state index contributed by atoms with van der Waals surface area (Å²) in [6, 6.07) is 2.23. The van der Waals surface area contributed by atoms with E-state index >= 15 is 0 Å². The maximum atomic E-state index is 6.20. The van der Waals surface area contributed by atoms with E-state index in [1.165, 1.54) is 61.7 Å². The van der Waals surface area contributed by atoms with Crippen molar-refractivity contribution in [2.75, 3.05) is 26.2 Å². The van der Waals surface area contributed by atoms with E-state index in [0.29, 0.717) is 0 Å². The fourth-order valence-corrected chi connectivity index (χ4v) is 4.00. The number of nitrogens with one attached hydrogen (secondary N) is 1. The van der Waals surface area contributed by atoms with Gasteiger partial charge in [-0.2, -0.15) is 11.3 Å². The molecule has 1 rings (SSSR count). The summed E-state index contributed by atoms with van der Waals surface area (Å²) in [6.07, 6.45) is 14.4. The topological polar surface area (TPSA) is 36.3 Å². The lowest BCUT2D eigenvalue weighted by Crippen LogP contribution is -2.28. The largest absolute Gasteiger partial charge is 0.374 e. The molecule has 0 spiro atoms. The van der Waals surface area contributed by atoms with Gasteiger partial charge in [0, 0.05) is 13.2 Å². The molecule has 192 valence electrons. The highest BCUT2D eigenvalue weighted by Crippen LogP contribution is 2.24. The zero-order chi connectivity index (χ0) is 25.3. The van der Waals surface area contributed by atoms with E-state index in [9.17, 15) is 0 Å². The summed E-state index contributed by atoms with van der Waals surface area (Å²) in [5.74, 6) is 0. The highest BCUT2D eigenvalue weighted by molar-refractivity contribution is 7.08. The molecule has 0 aliphatic rings. The Morgan fingerprint density at radius 3 is 2.24 bits per heavy atom. The van der Waals surface area contributed by atoms with Crippen molar-refractivity contribution in [1.29, 1.82) is 5.41 Å². The molecule has 0 saturated carbocycles. The Hall–Kier alpha value is -1.23. The molecule has 0 saturated heterocycles. The number of thiophene rings is 1. The van der Waals surface area contributed by atoms with Gasteiger partial charge in [-0.15, -0.1) is 0 Å². The summed E-state index contributed by atoms with van der Waals surface area (Å²) in [7, 11) is 0. The molecule has 33 heavy (non-hydrogen) atoms. The van der Waals surface area contributed by atoms with E-state index in [4.69, 9.17) is 10.1 Å². The van der Waals surface area contributed by atoms with Crippen LogP contribution in [0.2, 0.25) is 0 Å². The van der Waals surface area contributed by atoms with Crippen LogP contribution < -0.4 is 0 Å². The van der Waals surface area contributed by atoms with Crippen molar-refractivity contribution >= 4 is 23.1 Å². The number of rotatable bonds is 16. The van der Waals surface area contributed by atoms with Crippen LogP contribution in [0.1, 0.15) is 106 Å². The Morgan fingerprint density at radius 2 is 1.73 bits per heavy atom. The van der Waals surface area contributed by atoms with E-state index in [-0.39, 0.29) is 6.10 Å². The Kier molecular flexibility index (Phi) is 26.1. The Bertz CT molecular complexity index is 593. The van der Waals surface area contributed by atoms with Crippen molar-refractivity contribution in [3.8, 4) is 0 Å². The van der Waals surface area contributed by atoms with Gasteiger partial charge in [-0.1, -0.05) is 66.5 Å². The number of hydrogen-bond acceptors (Lipinski definition) is 4. The van der Waals surface area contributed by atoms with Gasteiger partial charge in [0.25, 0.3) is 0 Å². The second-order valence-corrected chi connectivity index (χ2v) is 8.68. The summed E-state index contributed by atoms with van der Waals surface area (Å²) in [5, 5.41) is 10.5. The van der Waals surface area contributed by atoms with Gasteiger partial charge < -0.3 is 15.0 Å². The lowest BCUT2D eigenvalue weighted by molar-refractivity contribution is 0.0840.